The third-order valence-electron chi connectivity index (χ3n) is 3.55. The van der Waals surface area contributed by atoms with Gasteiger partial charge in [-0.3, -0.25) is 0 Å². The van der Waals surface area contributed by atoms with Gasteiger partial charge in [-0.05, 0) is 0 Å². The number of hydrogen-bond acceptors (Lipinski definition) is 0. The van der Waals surface area contributed by atoms with Crippen LogP contribution in [0.25, 0.3) is 0 Å². The fourth-order valence-electron chi connectivity index (χ4n) is 2.15. The molecule has 0 bridgehead atoms. The van der Waals surface area contributed by atoms with Gasteiger partial charge < -0.3 is 0 Å². The molecule has 1 saturated heterocycles. The molecule has 0 aliphatic carbocycles. The summed E-state index contributed by atoms with van der Waals surface area (Å²) >= 11 is 0. The van der Waals surface area contributed by atoms with Gasteiger partial charge in [-0.2, -0.15) is 0 Å². The monoisotopic (exact) mass is 302 g/mol. The van der Waals surface area contributed by atoms with Crippen molar-refractivity contribution < 1.29 is 0 Å². The zero-order valence-corrected chi connectivity index (χ0v) is 15.9. The van der Waals surface area contributed by atoms with Crippen molar-refractivity contribution in [3.8, 4) is 0 Å². The molecule has 0 nitrogen and oxygen atoms in total. The second-order valence-corrected chi connectivity index (χ2v) is 33.6. The maximum atomic E-state index is 2.68. The Bertz CT molecular complexity index is 216. The van der Waals surface area contributed by atoms with Crippen LogP contribution in [0.15, 0.2) is 0 Å². The van der Waals surface area contributed by atoms with Crippen molar-refractivity contribution in [3.63, 3.8) is 0 Å². The summed E-state index contributed by atoms with van der Waals surface area (Å²) in [7, 11) is 2.58. The van der Waals surface area contributed by atoms with Gasteiger partial charge in [-0.1, -0.05) is 0 Å². The average molecular weight is 302 g/mol. The van der Waals surface area contributed by atoms with Crippen molar-refractivity contribution in [2.75, 3.05) is 39.5 Å². The van der Waals surface area contributed by atoms with Gasteiger partial charge in [0, 0.05) is 0 Å². The van der Waals surface area contributed by atoms with Gasteiger partial charge in [0.25, 0.3) is 0 Å². The van der Waals surface area contributed by atoms with Crippen LogP contribution >= 0.6 is 37.1 Å². The summed E-state index contributed by atoms with van der Waals surface area (Å²) < 4.78 is 0. The van der Waals surface area contributed by atoms with Gasteiger partial charge in [-0.25, -0.2) is 0 Å². The SMILES string of the molecule is CC(C)C1CP(C)P(C)P[PH](C)(C)P1C. The van der Waals surface area contributed by atoms with Crippen molar-refractivity contribution in [2.24, 2.45) is 5.92 Å². The van der Waals surface area contributed by atoms with Gasteiger partial charge in [0.2, 0.25) is 0 Å². The first kappa shape index (κ1) is 15.2. The predicted octanol–water partition coefficient (Wildman–Crippen LogP) is 5.71. The van der Waals surface area contributed by atoms with E-state index in [2.05, 4.69) is 47.2 Å². The van der Waals surface area contributed by atoms with Crippen LogP contribution in [-0.4, -0.2) is 45.1 Å². The molecule has 0 N–H and O–H groups in total. The summed E-state index contributed by atoms with van der Waals surface area (Å²) in [6, 6.07) is 0. The molecule has 0 aromatic heterocycles. The molecule has 1 aliphatic rings. The van der Waals surface area contributed by atoms with Crippen molar-refractivity contribution in [3.05, 3.63) is 0 Å². The average Bonchev–Trinajstić information content (AvgIpc) is 2.16. The Morgan fingerprint density at radius 2 is 1.73 bits per heavy atom. The van der Waals surface area contributed by atoms with E-state index in [9.17, 15) is 0 Å². The van der Waals surface area contributed by atoms with Crippen LogP contribution in [0, 0.1) is 5.92 Å². The van der Waals surface area contributed by atoms with E-state index in [1.54, 1.807) is 6.16 Å². The van der Waals surface area contributed by atoms with Crippen LogP contribution in [0.5, 0.6) is 0 Å². The van der Waals surface area contributed by atoms with Crippen molar-refractivity contribution >= 4 is 37.1 Å². The first-order valence-electron chi connectivity index (χ1n) is 5.71. The molecule has 5 heteroatoms. The zero-order valence-electron chi connectivity index (χ0n) is 11.2. The quantitative estimate of drug-likeness (QED) is 0.544. The standard InChI is InChI=1S/C10H27P5/c1-9(2)10-8-12(3)14(5)11-15(6,7)13(10)4/h9-11,15H,8H2,1-7H3. The molecule has 0 aromatic carbocycles. The molecular formula is C10H27P5. The Hall–Kier alpha value is 2.15. The summed E-state index contributed by atoms with van der Waals surface area (Å²) in [4.78, 5) is 0. The topological polar surface area (TPSA) is 0 Å². The maximum absolute atomic E-state index is 2.68. The van der Waals surface area contributed by atoms with Gasteiger partial charge in [-0.15, -0.1) is 0 Å². The molecule has 0 radical (unpaired) electrons. The Labute approximate surface area is 102 Å². The molecule has 0 saturated carbocycles. The molecule has 0 amide bonds. The fourth-order valence-corrected chi connectivity index (χ4v) is 51.2. The third-order valence-corrected chi connectivity index (χ3v) is 42.1. The van der Waals surface area contributed by atoms with Gasteiger partial charge in [0.1, 0.15) is 0 Å². The van der Waals surface area contributed by atoms with Crippen LogP contribution in [0.1, 0.15) is 13.8 Å². The van der Waals surface area contributed by atoms with E-state index in [-0.39, 0.29) is 0 Å². The zero-order chi connectivity index (χ0) is 11.8. The molecule has 5 unspecified atom stereocenters. The molecule has 0 aromatic rings. The van der Waals surface area contributed by atoms with Crippen LogP contribution < -0.4 is 0 Å². The Morgan fingerprint density at radius 3 is 2.20 bits per heavy atom. The molecular weight excluding hydrogens is 275 g/mol. The second-order valence-electron chi connectivity index (χ2n) is 5.46. The molecule has 0 spiro atoms. The number of rotatable bonds is 1. The van der Waals surface area contributed by atoms with E-state index in [1.807, 2.05) is 0 Å². The Morgan fingerprint density at radius 1 is 1.20 bits per heavy atom. The summed E-state index contributed by atoms with van der Waals surface area (Å²) in [5.74, 6) is 0.934. The molecule has 15 heavy (non-hydrogen) atoms. The fraction of sp³-hybridized carbons (Fsp3) is 1.00. The van der Waals surface area contributed by atoms with Gasteiger partial charge in [0.15, 0.2) is 0 Å². The van der Waals surface area contributed by atoms with E-state index in [0.29, 0.717) is 22.5 Å². The third kappa shape index (κ3) is 3.81. The first-order chi connectivity index (χ1) is 6.75. The second kappa shape index (κ2) is 5.86. The normalized spacial score (nSPS) is 45.3. The molecule has 1 heterocycles. The van der Waals surface area contributed by atoms with Crippen molar-refractivity contribution in [1.29, 1.82) is 0 Å². The molecule has 1 aliphatic heterocycles. The summed E-state index contributed by atoms with van der Waals surface area (Å²) in [6.07, 6.45) is 1.60. The van der Waals surface area contributed by atoms with Crippen LogP contribution in [0.4, 0.5) is 0 Å². The molecule has 92 valence electrons. The minimum absolute atomic E-state index is 0.366. The van der Waals surface area contributed by atoms with Crippen LogP contribution in [0.2, 0.25) is 0 Å². The van der Waals surface area contributed by atoms with Gasteiger partial charge in [0.05, 0.1) is 0 Å². The summed E-state index contributed by atoms with van der Waals surface area (Å²) in [5, 5.41) is 0. The van der Waals surface area contributed by atoms with E-state index in [0.717, 1.165) is 11.6 Å². The minimum atomic E-state index is -0.837. The van der Waals surface area contributed by atoms with Crippen molar-refractivity contribution in [2.45, 2.75) is 19.5 Å². The summed E-state index contributed by atoms with van der Waals surface area (Å²) in [6.45, 7) is 17.3. The van der Waals surface area contributed by atoms with E-state index < -0.39 is 6.64 Å². The van der Waals surface area contributed by atoms with Crippen LogP contribution in [-0.2, 0) is 0 Å². The van der Waals surface area contributed by atoms with Crippen LogP contribution in [0.3, 0.4) is 0 Å². The van der Waals surface area contributed by atoms with E-state index in [4.69, 9.17) is 0 Å². The van der Waals surface area contributed by atoms with E-state index in [1.165, 1.54) is 7.96 Å². The molecule has 5 atom stereocenters. The first-order valence-corrected chi connectivity index (χ1v) is 18.7. The van der Waals surface area contributed by atoms with Crippen molar-refractivity contribution in [1.82, 2.24) is 0 Å². The Kier molecular flexibility index (Phi) is 5.94. The number of hydrogen-bond donors (Lipinski definition) is 0. The predicted molar refractivity (Wildman–Crippen MR) is 90.5 cm³/mol. The Balaban J connectivity index is 2.91. The molecule has 1 rings (SSSR count). The molecule has 1 fully saturated rings. The van der Waals surface area contributed by atoms with Gasteiger partial charge >= 0.3 is 102 Å². The van der Waals surface area contributed by atoms with E-state index >= 15 is 0 Å². The summed E-state index contributed by atoms with van der Waals surface area (Å²) in [5.41, 5.74) is 1.10.